The summed E-state index contributed by atoms with van der Waals surface area (Å²) in [5, 5.41) is 3.86. The first-order valence-corrected chi connectivity index (χ1v) is 20.3. The van der Waals surface area contributed by atoms with E-state index in [1.54, 1.807) is 18.7 Å². The maximum absolute atomic E-state index is 14.5. The number of ether oxygens (including phenoxy) is 2. The summed E-state index contributed by atoms with van der Waals surface area (Å²) in [6.45, 7) is 6.45. The summed E-state index contributed by atoms with van der Waals surface area (Å²) in [5.74, 6) is -2.63. The van der Waals surface area contributed by atoms with E-state index in [2.05, 4.69) is 25.0 Å². The maximum Gasteiger partial charge on any atom is 0.420 e. The Labute approximate surface area is 331 Å². The Kier molecular flexibility index (Phi) is 11.5. The number of amides is 4. The summed E-state index contributed by atoms with van der Waals surface area (Å²) >= 11 is 0. The zero-order valence-electron chi connectivity index (χ0n) is 31.7. The minimum absolute atomic E-state index is 0.112. The van der Waals surface area contributed by atoms with E-state index in [0.717, 1.165) is 17.0 Å². The molecular formula is C38H41F3N8O8S. The van der Waals surface area contributed by atoms with Crippen LogP contribution in [0.2, 0.25) is 0 Å². The molecule has 16 nitrogen and oxygen atoms in total. The number of hydrogen-bond acceptors (Lipinski definition) is 13. The molecule has 0 radical (unpaired) electrons. The Morgan fingerprint density at radius 2 is 1.67 bits per heavy atom. The molecule has 0 atom stereocenters. The van der Waals surface area contributed by atoms with Crippen LogP contribution in [-0.4, -0.2) is 130 Å². The molecule has 0 aliphatic carbocycles. The second-order valence-corrected chi connectivity index (χ2v) is 16.7. The number of piperidine rings is 1. The smallest absolute Gasteiger partial charge is 0.420 e. The second-order valence-electron chi connectivity index (χ2n) is 14.7. The highest BCUT2D eigenvalue weighted by molar-refractivity contribution is 7.91. The van der Waals surface area contributed by atoms with E-state index in [1.807, 2.05) is 0 Å². The lowest BCUT2D eigenvalue weighted by molar-refractivity contribution is -0.138. The van der Waals surface area contributed by atoms with Gasteiger partial charge in [0.2, 0.25) is 11.7 Å². The van der Waals surface area contributed by atoms with Crippen molar-refractivity contribution in [1.82, 2.24) is 39.7 Å². The summed E-state index contributed by atoms with van der Waals surface area (Å²) in [7, 11) is -3.88. The lowest BCUT2D eigenvalue weighted by Gasteiger charge is -2.42. The van der Waals surface area contributed by atoms with E-state index in [0.29, 0.717) is 38.4 Å². The highest BCUT2D eigenvalue weighted by Crippen LogP contribution is 2.42. The van der Waals surface area contributed by atoms with Crippen molar-refractivity contribution in [2.24, 2.45) is 5.92 Å². The van der Waals surface area contributed by atoms with Gasteiger partial charge in [-0.25, -0.2) is 23.2 Å². The summed E-state index contributed by atoms with van der Waals surface area (Å²) in [5.41, 5.74) is -2.30. The van der Waals surface area contributed by atoms with Gasteiger partial charge in [0, 0.05) is 57.2 Å². The van der Waals surface area contributed by atoms with Crippen LogP contribution in [0, 0.1) is 5.92 Å². The molecule has 1 spiro atoms. The van der Waals surface area contributed by atoms with E-state index in [1.165, 1.54) is 54.0 Å². The molecular weight excluding hydrogens is 786 g/mol. The predicted molar refractivity (Wildman–Crippen MR) is 198 cm³/mol. The van der Waals surface area contributed by atoms with Gasteiger partial charge < -0.3 is 23.8 Å². The third kappa shape index (κ3) is 8.39. The standard InChI is InChI=1S/C38H41F3N8O8S/c1-25(2)23-58(53,54)31-6-4-3-5-30(31)56-29-8-7-26(19-28(29)38(39,40)41)33-44-32(57-45-33)22-48-35(51)37(49(36(48)52)14-13-46-15-17-55-18-16-46)9-11-47(12-10-37)34(50)27-20-42-24-43-21-27/h3-8,19-21,24-25H,9-18,22-23H2,1-2H3. The molecule has 0 bridgehead atoms. The van der Waals surface area contributed by atoms with Crippen LogP contribution >= 0.6 is 0 Å². The van der Waals surface area contributed by atoms with Crippen molar-refractivity contribution in [1.29, 1.82) is 0 Å². The first kappa shape index (κ1) is 40.7. The van der Waals surface area contributed by atoms with E-state index >= 15 is 0 Å². The average molecular weight is 827 g/mol. The monoisotopic (exact) mass is 826 g/mol. The van der Waals surface area contributed by atoms with E-state index in [4.69, 9.17) is 14.0 Å². The quantitative estimate of drug-likeness (QED) is 0.182. The molecule has 3 fully saturated rings. The van der Waals surface area contributed by atoms with Crippen molar-refractivity contribution in [3.8, 4) is 22.9 Å². The Bertz CT molecular complexity index is 2260. The number of para-hydroxylation sites is 1. The van der Waals surface area contributed by atoms with Crippen molar-refractivity contribution in [2.45, 2.75) is 49.8 Å². The first-order chi connectivity index (χ1) is 27.7. The molecule has 58 heavy (non-hydrogen) atoms. The molecule has 7 rings (SSSR count). The fourth-order valence-corrected chi connectivity index (χ4v) is 9.20. The lowest BCUT2D eigenvalue weighted by atomic mass is 9.85. The number of hydrogen-bond donors (Lipinski definition) is 0. The number of nitrogens with zero attached hydrogens (tertiary/aromatic N) is 8. The van der Waals surface area contributed by atoms with Gasteiger partial charge in [-0.2, -0.15) is 18.2 Å². The van der Waals surface area contributed by atoms with Gasteiger partial charge in [-0.1, -0.05) is 31.1 Å². The van der Waals surface area contributed by atoms with Crippen LogP contribution in [0.3, 0.4) is 0 Å². The van der Waals surface area contributed by atoms with Crippen molar-refractivity contribution < 1.29 is 50.0 Å². The van der Waals surface area contributed by atoms with Crippen LogP contribution in [0.25, 0.3) is 11.4 Å². The normalized spacial score (nSPS) is 17.8. The number of imide groups is 1. The van der Waals surface area contributed by atoms with E-state index in [-0.39, 0.29) is 78.0 Å². The van der Waals surface area contributed by atoms with Gasteiger partial charge in [-0.15, -0.1) is 0 Å². The zero-order chi connectivity index (χ0) is 41.2. The number of likely N-dealkylation sites (tertiary alicyclic amines) is 1. The molecule has 2 aromatic carbocycles. The van der Waals surface area contributed by atoms with Gasteiger partial charge >= 0.3 is 12.2 Å². The summed E-state index contributed by atoms with van der Waals surface area (Å²) < 4.78 is 86.0. The van der Waals surface area contributed by atoms with Crippen LogP contribution < -0.4 is 4.74 Å². The molecule has 0 saturated carbocycles. The van der Waals surface area contributed by atoms with Crippen LogP contribution in [0.4, 0.5) is 18.0 Å². The number of carbonyl (C=O) groups excluding carboxylic acids is 3. The molecule has 4 aromatic rings. The molecule has 0 unspecified atom stereocenters. The van der Waals surface area contributed by atoms with Gasteiger partial charge in [0.25, 0.3) is 11.8 Å². The number of sulfone groups is 1. The molecule has 5 heterocycles. The SMILES string of the molecule is CC(C)CS(=O)(=O)c1ccccc1Oc1ccc(-c2noc(CN3C(=O)N(CCN4CCOCC4)C4(CCN(C(=O)c5cncnc5)CC4)C3=O)n2)cc1C(F)(F)F. The number of alkyl halides is 3. The number of carbonyl (C=O) groups is 3. The summed E-state index contributed by atoms with van der Waals surface area (Å²) in [4.78, 5) is 59.7. The minimum atomic E-state index is -4.94. The maximum atomic E-state index is 14.5. The van der Waals surface area contributed by atoms with Crippen molar-refractivity contribution in [3.63, 3.8) is 0 Å². The van der Waals surface area contributed by atoms with Crippen molar-refractivity contribution in [2.75, 3.05) is 58.2 Å². The van der Waals surface area contributed by atoms with Gasteiger partial charge in [0.05, 0.1) is 30.1 Å². The summed E-state index contributed by atoms with van der Waals surface area (Å²) in [6.07, 6.45) is -0.477. The molecule has 2 aromatic heterocycles. The molecule has 3 aliphatic heterocycles. The zero-order valence-corrected chi connectivity index (χ0v) is 32.5. The molecule has 20 heteroatoms. The van der Waals surface area contributed by atoms with Crippen LogP contribution in [0.15, 0.2) is 70.6 Å². The third-order valence-electron chi connectivity index (χ3n) is 10.3. The number of halogens is 3. The Morgan fingerprint density at radius 3 is 2.36 bits per heavy atom. The highest BCUT2D eigenvalue weighted by Gasteiger charge is 2.58. The molecule has 3 aliphatic rings. The minimum Gasteiger partial charge on any atom is -0.455 e. The number of morpholine rings is 1. The number of rotatable bonds is 12. The van der Waals surface area contributed by atoms with Crippen molar-refractivity contribution in [3.05, 3.63) is 78.2 Å². The largest absolute Gasteiger partial charge is 0.455 e. The van der Waals surface area contributed by atoms with E-state index in [9.17, 15) is 36.0 Å². The Morgan fingerprint density at radius 1 is 0.966 bits per heavy atom. The van der Waals surface area contributed by atoms with Gasteiger partial charge in [-0.05, 0) is 49.1 Å². The number of aromatic nitrogens is 4. The number of urea groups is 1. The highest BCUT2D eigenvalue weighted by atomic mass is 32.2. The van der Waals surface area contributed by atoms with Crippen molar-refractivity contribution >= 4 is 27.7 Å². The number of benzene rings is 2. The van der Waals surface area contributed by atoms with Gasteiger partial charge in [0.15, 0.2) is 9.84 Å². The molecule has 308 valence electrons. The third-order valence-corrected chi connectivity index (χ3v) is 12.4. The fourth-order valence-electron chi connectivity index (χ4n) is 7.44. The van der Waals surface area contributed by atoms with Crippen LogP contribution in [-0.2, 0) is 32.1 Å². The van der Waals surface area contributed by atoms with Crippen LogP contribution in [0.1, 0.15) is 48.5 Å². The van der Waals surface area contributed by atoms with Crippen LogP contribution in [0.5, 0.6) is 11.5 Å². The lowest BCUT2D eigenvalue weighted by Crippen LogP contribution is -2.58. The molecule has 3 saturated heterocycles. The Hall–Kier alpha value is -5.47. The fraction of sp³-hybridized carbons (Fsp3) is 0.447. The Balaban J connectivity index is 1.11. The van der Waals surface area contributed by atoms with Gasteiger partial charge in [-0.3, -0.25) is 19.4 Å². The topological polar surface area (TPSA) is 181 Å². The van der Waals surface area contributed by atoms with Gasteiger partial charge in [0.1, 0.15) is 34.8 Å². The summed E-state index contributed by atoms with van der Waals surface area (Å²) in [6, 6.07) is 7.93. The predicted octanol–water partition coefficient (Wildman–Crippen LogP) is 4.54. The molecule has 4 amide bonds. The second kappa shape index (κ2) is 16.4. The molecule has 0 N–H and O–H groups in total. The van der Waals surface area contributed by atoms with E-state index < -0.39 is 51.3 Å². The average Bonchev–Trinajstić information content (AvgIpc) is 3.74. The first-order valence-electron chi connectivity index (χ1n) is 18.7.